The largest absolute Gasteiger partial charge is 0.481 e. The van der Waals surface area contributed by atoms with Crippen molar-refractivity contribution in [3.8, 4) is 11.3 Å². The Morgan fingerprint density at radius 1 is 1.42 bits per heavy atom. The second kappa shape index (κ2) is 4.28. The molecule has 0 spiro atoms. The number of hydrogen-bond donors (Lipinski definition) is 1. The first-order chi connectivity index (χ1) is 9.15. The molecule has 0 unspecified atom stereocenters. The second-order valence-corrected chi connectivity index (χ2v) is 4.42. The summed E-state index contributed by atoms with van der Waals surface area (Å²) in [6, 6.07) is 9.63. The zero-order valence-corrected chi connectivity index (χ0v) is 10.3. The number of aliphatic carboxylic acids is 1. The van der Waals surface area contributed by atoms with Gasteiger partial charge in [0.05, 0.1) is 12.1 Å². The Kier molecular flexibility index (Phi) is 2.59. The van der Waals surface area contributed by atoms with Crippen molar-refractivity contribution < 1.29 is 14.4 Å². The van der Waals surface area contributed by atoms with E-state index >= 15 is 0 Å². The van der Waals surface area contributed by atoms with Gasteiger partial charge >= 0.3 is 5.97 Å². The van der Waals surface area contributed by atoms with Crippen molar-refractivity contribution in [1.82, 2.24) is 9.72 Å². The standard InChI is InChI=1S/C14H12N2O3/c1-16-8-11(10-4-2-3-5-12(10)16)13-6-9(15-19-13)7-14(17)18/h2-6,8H,7H2,1H3,(H,17,18). The summed E-state index contributed by atoms with van der Waals surface area (Å²) in [5.41, 5.74) is 2.44. The SMILES string of the molecule is Cn1cc(-c2cc(CC(=O)O)no2)c2ccccc21. The molecule has 0 aliphatic carbocycles. The highest BCUT2D eigenvalue weighted by molar-refractivity contribution is 5.94. The minimum atomic E-state index is -0.919. The van der Waals surface area contributed by atoms with E-state index in [1.807, 2.05) is 42.1 Å². The number of aryl methyl sites for hydroxylation is 1. The molecule has 0 bridgehead atoms. The molecule has 0 amide bonds. The van der Waals surface area contributed by atoms with Gasteiger partial charge in [-0.15, -0.1) is 0 Å². The smallest absolute Gasteiger partial charge is 0.309 e. The first-order valence-corrected chi connectivity index (χ1v) is 5.87. The summed E-state index contributed by atoms with van der Waals surface area (Å²) in [5.74, 6) is -0.328. The van der Waals surface area contributed by atoms with Crippen LogP contribution < -0.4 is 0 Å². The third-order valence-corrected chi connectivity index (χ3v) is 3.05. The van der Waals surface area contributed by atoms with Crippen LogP contribution in [0, 0.1) is 0 Å². The lowest BCUT2D eigenvalue weighted by molar-refractivity contribution is -0.136. The predicted octanol–water partition coefficient (Wildman–Crippen LogP) is 2.46. The minimum absolute atomic E-state index is 0.131. The van der Waals surface area contributed by atoms with E-state index in [0.717, 1.165) is 16.5 Å². The zero-order chi connectivity index (χ0) is 13.4. The quantitative estimate of drug-likeness (QED) is 0.781. The topological polar surface area (TPSA) is 68.3 Å². The molecule has 0 aliphatic heterocycles. The molecule has 0 saturated heterocycles. The van der Waals surface area contributed by atoms with Gasteiger partial charge in [0, 0.05) is 35.8 Å². The van der Waals surface area contributed by atoms with E-state index in [2.05, 4.69) is 5.16 Å². The Bertz CT molecular complexity index is 755. The maximum atomic E-state index is 10.6. The molecule has 0 saturated carbocycles. The predicted molar refractivity (Wildman–Crippen MR) is 69.8 cm³/mol. The van der Waals surface area contributed by atoms with Crippen LogP contribution in [0.25, 0.3) is 22.2 Å². The fourth-order valence-electron chi connectivity index (χ4n) is 2.22. The van der Waals surface area contributed by atoms with Gasteiger partial charge in [0.2, 0.25) is 0 Å². The Hall–Kier alpha value is -2.56. The number of hydrogen-bond acceptors (Lipinski definition) is 3. The van der Waals surface area contributed by atoms with Gasteiger partial charge in [-0.2, -0.15) is 0 Å². The van der Waals surface area contributed by atoms with Crippen LogP contribution in [0.5, 0.6) is 0 Å². The normalized spacial score (nSPS) is 11.0. The van der Waals surface area contributed by atoms with Crippen LogP contribution in [-0.4, -0.2) is 20.8 Å². The molecule has 19 heavy (non-hydrogen) atoms. The van der Waals surface area contributed by atoms with E-state index < -0.39 is 5.97 Å². The maximum absolute atomic E-state index is 10.6. The van der Waals surface area contributed by atoms with Gasteiger partial charge in [-0.1, -0.05) is 23.4 Å². The lowest BCUT2D eigenvalue weighted by atomic mass is 10.1. The molecular weight excluding hydrogens is 244 g/mol. The van der Waals surface area contributed by atoms with Crippen LogP contribution in [0.1, 0.15) is 5.69 Å². The molecule has 0 aliphatic rings. The van der Waals surface area contributed by atoms with Crippen molar-refractivity contribution in [2.24, 2.45) is 7.05 Å². The molecule has 5 nitrogen and oxygen atoms in total. The van der Waals surface area contributed by atoms with Crippen molar-refractivity contribution in [2.75, 3.05) is 0 Å². The van der Waals surface area contributed by atoms with Crippen molar-refractivity contribution >= 4 is 16.9 Å². The number of aromatic nitrogens is 2. The molecule has 0 fully saturated rings. The van der Waals surface area contributed by atoms with Crippen LogP contribution in [-0.2, 0) is 18.3 Å². The molecule has 3 rings (SSSR count). The number of benzene rings is 1. The molecule has 0 radical (unpaired) electrons. The summed E-state index contributed by atoms with van der Waals surface area (Å²) in [4.78, 5) is 10.6. The average molecular weight is 256 g/mol. The Labute approximate surface area is 109 Å². The molecular formula is C14H12N2O3. The summed E-state index contributed by atoms with van der Waals surface area (Å²) in [5, 5.41) is 13.6. The van der Waals surface area contributed by atoms with E-state index in [4.69, 9.17) is 9.63 Å². The fourth-order valence-corrected chi connectivity index (χ4v) is 2.22. The summed E-state index contributed by atoms with van der Waals surface area (Å²) in [6.07, 6.45) is 1.82. The summed E-state index contributed by atoms with van der Waals surface area (Å²) in [7, 11) is 1.96. The van der Waals surface area contributed by atoms with Gasteiger partial charge in [0.25, 0.3) is 0 Å². The maximum Gasteiger partial charge on any atom is 0.309 e. The van der Waals surface area contributed by atoms with Gasteiger partial charge in [0.15, 0.2) is 5.76 Å². The van der Waals surface area contributed by atoms with Crippen molar-refractivity contribution in [1.29, 1.82) is 0 Å². The van der Waals surface area contributed by atoms with E-state index in [1.54, 1.807) is 6.07 Å². The highest BCUT2D eigenvalue weighted by atomic mass is 16.5. The molecule has 1 N–H and O–H groups in total. The second-order valence-electron chi connectivity index (χ2n) is 4.42. The highest BCUT2D eigenvalue weighted by Gasteiger charge is 2.14. The number of nitrogens with zero attached hydrogens (tertiary/aromatic N) is 2. The minimum Gasteiger partial charge on any atom is -0.481 e. The average Bonchev–Trinajstić information content (AvgIpc) is 2.95. The van der Waals surface area contributed by atoms with Crippen LogP contribution in [0.2, 0.25) is 0 Å². The molecule has 1 aromatic carbocycles. The fraction of sp³-hybridized carbons (Fsp3) is 0.143. The number of rotatable bonds is 3. The summed E-state index contributed by atoms with van der Waals surface area (Å²) < 4.78 is 7.25. The first-order valence-electron chi connectivity index (χ1n) is 5.87. The third-order valence-electron chi connectivity index (χ3n) is 3.05. The summed E-state index contributed by atoms with van der Waals surface area (Å²) in [6.45, 7) is 0. The number of carboxylic acids is 1. The Morgan fingerprint density at radius 2 is 2.21 bits per heavy atom. The van der Waals surface area contributed by atoms with Crippen molar-refractivity contribution in [3.63, 3.8) is 0 Å². The highest BCUT2D eigenvalue weighted by Crippen LogP contribution is 2.30. The molecule has 2 heterocycles. The number of carboxylic acid groups (broad SMARTS) is 1. The summed E-state index contributed by atoms with van der Waals surface area (Å²) >= 11 is 0. The van der Waals surface area contributed by atoms with E-state index in [1.165, 1.54) is 0 Å². The third kappa shape index (κ3) is 1.99. The number of fused-ring (bicyclic) bond motifs is 1. The monoisotopic (exact) mass is 256 g/mol. The van der Waals surface area contributed by atoms with E-state index in [9.17, 15) is 4.79 Å². The first kappa shape index (κ1) is 11.5. The lowest BCUT2D eigenvalue weighted by Crippen LogP contribution is -1.99. The van der Waals surface area contributed by atoms with E-state index in [-0.39, 0.29) is 6.42 Å². The lowest BCUT2D eigenvalue weighted by Gasteiger charge is -1.93. The molecule has 2 aromatic heterocycles. The Morgan fingerprint density at radius 3 is 3.00 bits per heavy atom. The Balaban J connectivity index is 2.09. The van der Waals surface area contributed by atoms with Crippen LogP contribution in [0.15, 0.2) is 41.1 Å². The van der Waals surface area contributed by atoms with Gasteiger partial charge in [-0.25, -0.2) is 0 Å². The van der Waals surface area contributed by atoms with Crippen molar-refractivity contribution in [2.45, 2.75) is 6.42 Å². The van der Waals surface area contributed by atoms with Gasteiger partial charge in [0.1, 0.15) is 0 Å². The zero-order valence-electron chi connectivity index (χ0n) is 10.3. The molecule has 96 valence electrons. The molecule has 3 aromatic rings. The van der Waals surface area contributed by atoms with Gasteiger partial charge < -0.3 is 14.2 Å². The van der Waals surface area contributed by atoms with Crippen LogP contribution >= 0.6 is 0 Å². The van der Waals surface area contributed by atoms with Crippen LogP contribution in [0.3, 0.4) is 0 Å². The van der Waals surface area contributed by atoms with E-state index in [0.29, 0.717) is 11.5 Å². The molecule has 5 heteroatoms. The number of carbonyl (C=O) groups is 1. The van der Waals surface area contributed by atoms with Crippen molar-refractivity contribution in [3.05, 3.63) is 42.2 Å². The van der Waals surface area contributed by atoms with Gasteiger partial charge in [-0.3, -0.25) is 4.79 Å². The van der Waals surface area contributed by atoms with Crippen LogP contribution in [0.4, 0.5) is 0 Å². The number of para-hydroxylation sites is 1. The molecule has 0 atom stereocenters. The van der Waals surface area contributed by atoms with Gasteiger partial charge in [-0.05, 0) is 6.07 Å².